The van der Waals surface area contributed by atoms with Crippen molar-refractivity contribution in [2.45, 2.75) is 26.7 Å². The molecule has 1 aromatic rings. The molecular formula is C16H20N2O3. The number of hydrogen-bond acceptors (Lipinski definition) is 3. The van der Waals surface area contributed by atoms with Gasteiger partial charge in [-0.05, 0) is 32.4 Å². The van der Waals surface area contributed by atoms with Crippen molar-refractivity contribution in [2.75, 3.05) is 20.1 Å². The number of amides is 3. The molecule has 1 aromatic carbocycles. The lowest BCUT2D eigenvalue weighted by molar-refractivity contribution is -0.129. The zero-order valence-electron chi connectivity index (χ0n) is 12.7. The highest BCUT2D eigenvalue weighted by Gasteiger charge is 2.34. The van der Waals surface area contributed by atoms with E-state index in [0.29, 0.717) is 30.5 Å². The summed E-state index contributed by atoms with van der Waals surface area (Å²) >= 11 is 0. The molecule has 5 nitrogen and oxygen atoms in total. The molecule has 0 aliphatic carbocycles. The van der Waals surface area contributed by atoms with Crippen LogP contribution < -0.4 is 0 Å². The molecule has 0 aromatic heterocycles. The van der Waals surface area contributed by atoms with Crippen molar-refractivity contribution < 1.29 is 14.4 Å². The highest BCUT2D eigenvalue weighted by Crippen LogP contribution is 2.24. The number of fused-ring (bicyclic) bond motifs is 1. The first-order chi connectivity index (χ1) is 9.95. The Kier molecular flexibility index (Phi) is 4.40. The van der Waals surface area contributed by atoms with Crippen molar-refractivity contribution in [1.82, 2.24) is 9.80 Å². The van der Waals surface area contributed by atoms with Gasteiger partial charge in [0.1, 0.15) is 0 Å². The number of imide groups is 1. The highest BCUT2D eigenvalue weighted by atomic mass is 16.2. The standard InChI is InChI=1S/C16H20N2O3/c1-4-17(3)14(19)6-5-9-18-15(20)12-8-7-11(2)10-13(12)16(18)21/h7-8,10H,4-6,9H2,1-3H3. The third-order valence-corrected chi connectivity index (χ3v) is 3.80. The molecule has 0 radical (unpaired) electrons. The zero-order chi connectivity index (χ0) is 15.6. The van der Waals surface area contributed by atoms with E-state index in [1.165, 1.54) is 4.90 Å². The number of nitrogens with zero attached hydrogens (tertiary/aromatic N) is 2. The molecule has 0 bridgehead atoms. The Morgan fingerprint density at radius 3 is 2.52 bits per heavy atom. The van der Waals surface area contributed by atoms with Crippen LogP contribution in [-0.2, 0) is 4.79 Å². The van der Waals surface area contributed by atoms with Gasteiger partial charge in [-0.1, -0.05) is 11.6 Å². The summed E-state index contributed by atoms with van der Waals surface area (Å²) in [4.78, 5) is 39.0. The monoisotopic (exact) mass is 288 g/mol. The summed E-state index contributed by atoms with van der Waals surface area (Å²) in [5.41, 5.74) is 1.89. The maximum absolute atomic E-state index is 12.2. The van der Waals surface area contributed by atoms with E-state index in [2.05, 4.69) is 0 Å². The summed E-state index contributed by atoms with van der Waals surface area (Å²) in [6.07, 6.45) is 0.838. The average Bonchev–Trinajstić information content (AvgIpc) is 2.70. The van der Waals surface area contributed by atoms with Crippen LogP contribution in [-0.4, -0.2) is 47.7 Å². The SMILES string of the molecule is CCN(C)C(=O)CCCN1C(=O)c2ccc(C)cc2C1=O. The fourth-order valence-electron chi connectivity index (χ4n) is 2.36. The summed E-state index contributed by atoms with van der Waals surface area (Å²) in [6, 6.07) is 5.26. The fourth-order valence-corrected chi connectivity index (χ4v) is 2.36. The Balaban J connectivity index is 1.99. The van der Waals surface area contributed by atoms with Crippen molar-refractivity contribution in [3.05, 3.63) is 34.9 Å². The van der Waals surface area contributed by atoms with Crippen LogP contribution in [0.2, 0.25) is 0 Å². The van der Waals surface area contributed by atoms with Gasteiger partial charge in [0.25, 0.3) is 11.8 Å². The Bertz CT molecular complexity index is 595. The van der Waals surface area contributed by atoms with Crippen molar-refractivity contribution in [2.24, 2.45) is 0 Å². The molecule has 0 unspecified atom stereocenters. The van der Waals surface area contributed by atoms with Crippen LogP contribution in [0.5, 0.6) is 0 Å². The predicted octanol–water partition coefficient (Wildman–Crippen LogP) is 1.85. The average molecular weight is 288 g/mol. The first-order valence-electron chi connectivity index (χ1n) is 7.16. The van der Waals surface area contributed by atoms with Crippen molar-refractivity contribution in [3.8, 4) is 0 Å². The quantitative estimate of drug-likeness (QED) is 0.777. The molecule has 0 atom stereocenters. The molecule has 1 aliphatic rings. The van der Waals surface area contributed by atoms with Gasteiger partial charge in [0.05, 0.1) is 11.1 Å². The first-order valence-corrected chi connectivity index (χ1v) is 7.16. The highest BCUT2D eigenvalue weighted by molar-refractivity contribution is 6.21. The van der Waals surface area contributed by atoms with Crippen molar-refractivity contribution in [3.63, 3.8) is 0 Å². The lowest BCUT2D eigenvalue weighted by Gasteiger charge is -2.16. The normalized spacial score (nSPS) is 13.6. The number of carbonyl (C=O) groups is 3. The van der Waals surface area contributed by atoms with E-state index in [1.807, 2.05) is 19.9 Å². The van der Waals surface area contributed by atoms with E-state index in [4.69, 9.17) is 0 Å². The molecule has 0 spiro atoms. The molecule has 2 rings (SSSR count). The summed E-state index contributed by atoms with van der Waals surface area (Å²) in [5.74, 6) is -0.480. The van der Waals surface area contributed by atoms with Gasteiger partial charge in [-0.3, -0.25) is 19.3 Å². The van der Waals surface area contributed by atoms with E-state index in [0.717, 1.165) is 5.56 Å². The molecule has 3 amide bonds. The molecule has 0 saturated carbocycles. The molecular weight excluding hydrogens is 268 g/mol. The molecule has 0 fully saturated rings. The number of benzene rings is 1. The molecule has 112 valence electrons. The fraction of sp³-hybridized carbons (Fsp3) is 0.438. The maximum atomic E-state index is 12.2. The minimum Gasteiger partial charge on any atom is -0.346 e. The van der Waals surface area contributed by atoms with Gasteiger partial charge in [0.15, 0.2) is 0 Å². The molecule has 1 aliphatic heterocycles. The van der Waals surface area contributed by atoms with Gasteiger partial charge < -0.3 is 4.90 Å². The number of carbonyl (C=O) groups excluding carboxylic acids is 3. The molecule has 0 saturated heterocycles. The Labute approximate surface area is 124 Å². The van der Waals surface area contributed by atoms with Crippen LogP contribution >= 0.6 is 0 Å². The van der Waals surface area contributed by atoms with Crippen LogP contribution in [0.4, 0.5) is 0 Å². The lowest BCUT2D eigenvalue weighted by atomic mass is 10.1. The topological polar surface area (TPSA) is 57.7 Å². The minimum absolute atomic E-state index is 0.0324. The Morgan fingerprint density at radius 1 is 1.19 bits per heavy atom. The summed E-state index contributed by atoms with van der Waals surface area (Å²) < 4.78 is 0. The van der Waals surface area contributed by atoms with Crippen LogP contribution in [0.1, 0.15) is 46.0 Å². The van der Waals surface area contributed by atoms with Gasteiger partial charge in [-0.15, -0.1) is 0 Å². The number of rotatable bonds is 5. The van der Waals surface area contributed by atoms with Gasteiger partial charge in [0.2, 0.25) is 5.91 Å². The molecule has 5 heteroatoms. The first kappa shape index (κ1) is 15.2. The predicted molar refractivity (Wildman–Crippen MR) is 79.1 cm³/mol. The summed E-state index contributed by atoms with van der Waals surface area (Å²) in [6.45, 7) is 4.74. The lowest BCUT2D eigenvalue weighted by Crippen LogP contribution is -2.32. The second kappa shape index (κ2) is 6.08. The van der Waals surface area contributed by atoms with Crippen LogP contribution in [0.15, 0.2) is 18.2 Å². The molecule has 1 heterocycles. The second-order valence-electron chi connectivity index (χ2n) is 5.32. The zero-order valence-corrected chi connectivity index (χ0v) is 12.7. The van der Waals surface area contributed by atoms with Crippen molar-refractivity contribution >= 4 is 17.7 Å². The molecule has 21 heavy (non-hydrogen) atoms. The largest absolute Gasteiger partial charge is 0.346 e. The summed E-state index contributed by atoms with van der Waals surface area (Å²) in [5, 5.41) is 0. The number of aryl methyl sites for hydroxylation is 1. The maximum Gasteiger partial charge on any atom is 0.261 e. The van der Waals surface area contributed by atoms with Crippen LogP contribution in [0.3, 0.4) is 0 Å². The molecule has 0 N–H and O–H groups in total. The van der Waals surface area contributed by atoms with Gasteiger partial charge in [-0.25, -0.2) is 0 Å². The number of hydrogen-bond donors (Lipinski definition) is 0. The van der Waals surface area contributed by atoms with Crippen LogP contribution in [0, 0.1) is 6.92 Å². The van der Waals surface area contributed by atoms with Gasteiger partial charge >= 0.3 is 0 Å². The third-order valence-electron chi connectivity index (χ3n) is 3.80. The van der Waals surface area contributed by atoms with E-state index in [9.17, 15) is 14.4 Å². The second-order valence-corrected chi connectivity index (χ2v) is 5.32. The Morgan fingerprint density at radius 2 is 1.86 bits per heavy atom. The Hall–Kier alpha value is -2.17. The van der Waals surface area contributed by atoms with E-state index >= 15 is 0 Å². The van der Waals surface area contributed by atoms with E-state index in [-0.39, 0.29) is 24.3 Å². The third kappa shape index (κ3) is 2.96. The smallest absolute Gasteiger partial charge is 0.261 e. The van der Waals surface area contributed by atoms with E-state index in [1.54, 1.807) is 24.1 Å². The van der Waals surface area contributed by atoms with Gasteiger partial charge in [0, 0.05) is 26.6 Å². The van der Waals surface area contributed by atoms with Crippen LogP contribution in [0.25, 0.3) is 0 Å². The van der Waals surface area contributed by atoms with Gasteiger partial charge in [-0.2, -0.15) is 0 Å². The summed E-state index contributed by atoms with van der Waals surface area (Å²) in [7, 11) is 1.74. The van der Waals surface area contributed by atoms with Crippen molar-refractivity contribution in [1.29, 1.82) is 0 Å². The van der Waals surface area contributed by atoms with E-state index < -0.39 is 0 Å². The minimum atomic E-state index is -0.258.